The van der Waals surface area contributed by atoms with Crippen LogP contribution in [0, 0.1) is 0 Å². The quantitative estimate of drug-likeness (QED) is 0.450. The minimum atomic E-state index is -0.962. The highest BCUT2D eigenvalue weighted by molar-refractivity contribution is 8.04. The van der Waals surface area contributed by atoms with Crippen LogP contribution >= 0.6 is 11.8 Å². The van der Waals surface area contributed by atoms with Crippen molar-refractivity contribution in [3.63, 3.8) is 0 Å². The van der Waals surface area contributed by atoms with Crippen molar-refractivity contribution in [2.45, 2.75) is 18.4 Å². The molecule has 1 atom stereocenters. The molecule has 1 heterocycles. The Morgan fingerprint density at radius 1 is 0.938 bits per heavy atom. The molecule has 1 N–H and O–H groups in total. The number of carbonyl (C=O) groups is 1. The lowest BCUT2D eigenvalue weighted by Crippen LogP contribution is -2.46. The van der Waals surface area contributed by atoms with Gasteiger partial charge in [-0.1, -0.05) is 78.9 Å². The number of hydrogen-bond acceptors (Lipinski definition) is 5. The topological polar surface area (TPSA) is 49.8 Å². The summed E-state index contributed by atoms with van der Waals surface area (Å²) in [4.78, 5) is 15.4. The molecule has 5 heteroatoms. The Balaban J connectivity index is 1.56. The molecule has 0 amide bonds. The number of aliphatic hydroxyl groups is 1. The SMILES string of the molecule is CN(CC1(c2ccccc2)CC(O)=C(SCCc2ccccc2)C(=O)O1)c1ccccc1. The molecule has 1 unspecified atom stereocenters. The van der Waals surface area contributed by atoms with E-state index < -0.39 is 11.6 Å². The van der Waals surface area contributed by atoms with Gasteiger partial charge in [0.2, 0.25) is 0 Å². The highest BCUT2D eigenvalue weighted by atomic mass is 32.2. The van der Waals surface area contributed by atoms with E-state index in [2.05, 4.69) is 17.0 Å². The van der Waals surface area contributed by atoms with Crippen molar-refractivity contribution < 1.29 is 14.6 Å². The van der Waals surface area contributed by atoms with E-state index in [9.17, 15) is 9.90 Å². The van der Waals surface area contributed by atoms with Gasteiger partial charge < -0.3 is 14.7 Å². The summed E-state index contributed by atoms with van der Waals surface area (Å²) in [5.74, 6) is 0.336. The number of hydrogen-bond donors (Lipinski definition) is 1. The number of cyclic esters (lactones) is 1. The van der Waals surface area contributed by atoms with Crippen LogP contribution in [0.25, 0.3) is 0 Å². The first kappa shape index (κ1) is 22.0. The van der Waals surface area contributed by atoms with E-state index in [-0.39, 0.29) is 12.2 Å². The number of carbonyl (C=O) groups excluding carboxylic acids is 1. The van der Waals surface area contributed by atoms with Crippen LogP contribution in [0.3, 0.4) is 0 Å². The van der Waals surface area contributed by atoms with E-state index in [1.807, 2.05) is 85.9 Å². The van der Waals surface area contributed by atoms with Crippen LogP contribution in [0.2, 0.25) is 0 Å². The second kappa shape index (κ2) is 9.96. The van der Waals surface area contributed by atoms with Crippen LogP contribution in [0.1, 0.15) is 17.5 Å². The molecular formula is C27H27NO3S. The Morgan fingerprint density at radius 3 is 2.16 bits per heavy atom. The number of rotatable bonds is 8. The molecule has 0 aliphatic carbocycles. The van der Waals surface area contributed by atoms with Crippen molar-refractivity contribution in [1.29, 1.82) is 0 Å². The predicted octanol–water partition coefficient (Wildman–Crippen LogP) is 5.71. The van der Waals surface area contributed by atoms with Gasteiger partial charge in [0.05, 0.1) is 13.0 Å². The fourth-order valence-corrected chi connectivity index (χ4v) is 4.97. The van der Waals surface area contributed by atoms with Crippen molar-refractivity contribution in [3.05, 3.63) is 113 Å². The molecule has 0 aromatic heterocycles. The minimum Gasteiger partial charge on any atom is -0.511 e. The summed E-state index contributed by atoms with van der Waals surface area (Å²) in [6, 6.07) is 29.8. The summed E-state index contributed by atoms with van der Waals surface area (Å²) in [6.07, 6.45) is 1.06. The Morgan fingerprint density at radius 2 is 1.53 bits per heavy atom. The number of aliphatic hydroxyl groups excluding tert-OH is 1. The van der Waals surface area contributed by atoms with Gasteiger partial charge in [0.15, 0.2) is 5.60 Å². The molecule has 4 rings (SSSR count). The first-order valence-corrected chi connectivity index (χ1v) is 11.7. The van der Waals surface area contributed by atoms with Gasteiger partial charge in [0, 0.05) is 18.5 Å². The molecule has 0 saturated heterocycles. The largest absolute Gasteiger partial charge is 0.511 e. The van der Waals surface area contributed by atoms with Gasteiger partial charge in [-0.2, -0.15) is 0 Å². The van der Waals surface area contributed by atoms with Crippen molar-refractivity contribution >= 4 is 23.4 Å². The maximum atomic E-state index is 13.1. The van der Waals surface area contributed by atoms with E-state index in [0.29, 0.717) is 17.2 Å². The van der Waals surface area contributed by atoms with Crippen LogP contribution in [-0.4, -0.2) is 30.4 Å². The number of thioether (sulfide) groups is 1. The van der Waals surface area contributed by atoms with E-state index in [0.717, 1.165) is 17.7 Å². The zero-order valence-electron chi connectivity index (χ0n) is 18.1. The van der Waals surface area contributed by atoms with Gasteiger partial charge in [-0.05, 0) is 29.7 Å². The van der Waals surface area contributed by atoms with Crippen LogP contribution < -0.4 is 4.90 Å². The number of ether oxygens (including phenoxy) is 1. The maximum absolute atomic E-state index is 13.1. The standard InChI is InChI=1S/C27H27NO3S/c1-28(23-15-9-4-10-16-23)20-27(22-13-7-3-8-14-22)19-24(29)25(26(30)31-27)32-18-17-21-11-5-2-6-12-21/h2-16,29H,17-20H2,1H3. The fraction of sp³-hybridized carbons (Fsp3) is 0.222. The molecule has 1 aliphatic heterocycles. The molecule has 0 bridgehead atoms. The normalized spacial score (nSPS) is 18.3. The van der Waals surface area contributed by atoms with Gasteiger partial charge in [0.1, 0.15) is 10.7 Å². The van der Waals surface area contributed by atoms with Crippen molar-refractivity contribution in [3.8, 4) is 0 Å². The Labute approximate surface area is 193 Å². The first-order chi connectivity index (χ1) is 15.6. The van der Waals surface area contributed by atoms with E-state index in [4.69, 9.17) is 4.74 Å². The summed E-state index contributed by atoms with van der Waals surface area (Å²) in [5.41, 5.74) is 2.13. The second-order valence-electron chi connectivity index (χ2n) is 7.98. The molecule has 1 aliphatic rings. The zero-order chi connectivity index (χ0) is 22.4. The lowest BCUT2D eigenvalue weighted by molar-refractivity contribution is -0.157. The number of anilines is 1. The number of nitrogens with zero attached hydrogens (tertiary/aromatic N) is 1. The monoisotopic (exact) mass is 445 g/mol. The second-order valence-corrected chi connectivity index (χ2v) is 9.08. The summed E-state index contributed by atoms with van der Waals surface area (Å²) >= 11 is 1.36. The van der Waals surface area contributed by atoms with Gasteiger partial charge >= 0.3 is 5.97 Å². The molecule has 0 radical (unpaired) electrons. The third kappa shape index (κ3) is 5.00. The number of para-hydroxylation sites is 1. The molecule has 3 aromatic carbocycles. The third-order valence-corrected chi connectivity index (χ3v) is 6.76. The average molecular weight is 446 g/mol. The summed E-state index contributed by atoms with van der Waals surface area (Å²) < 4.78 is 6.12. The van der Waals surface area contributed by atoms with E-state index >= 15 is 0 Å². The van der Waals surface area contributed by atoms with Crippen molar-refractivity contribution in [2.75, 3.05) is 24.2 Å². The Kier molecular flexibility index (Phi) is 6.86. The Bertz CT molecular complexity index is 1070. The van der Waals surface area contributed by atoms with Crippen LogP contribution in [0.5, 0.6) is 0 Å². The number of benzene rings is 3. The number of aryl methyl sites for hydroxylation is 1. The molecule has 32 heavy (non-hydrogen) atoms. The highest BCUT2D eigenvalue weighted by Gasteiger charge is 2.44. The van der Waals surface area contributed by atoms with Crippen LogP contribution in [0.15, 0.2) is 102 Å². The van der Waals surface area contributed by atoms with Gasteiger partial charge in [-0.25, -0.2) is 4.79 Å². The predicted molar refractivity (Wildman–Crippen MR) is 131 cm³/mol. The third-order valence-electron chi connectivity index (χ3n) is 5.66. The smallest absolute Gasteiger partial charge is 0.349 e. The summed E-state index contributed by atoms with van der Waals surface area (Å²) in [6.45, 7) is 0.429. The molecule has 0 fully saturated rings. The lowest BCUT2D eigenvalue weighted by atomic mass is 9.87. The molecule has 0 spiro atoms. The number of likely N-dealkylation sites (N-methyl/N-ethyl adjacent to an activating group) is 1. The van der Waals surface area contributed by atoms with E-state index in [1.165, 1.54) is 17.3 Å². The minimum absolute atomic E-state index is 0.102. The summed E-state index contributed by atoms with van der Waals surface area (Å²) in [5, 5.41) is 11.0. The molecule has 4 nitrogen and oxygen atoms in total. The van der Waals surface area contributed by atoms with Gasteiger partial charge in [-0.3, -0.25) is 0 Å². The van der Waals surface area contributed by atoms with Crippen LogP contribution in [-0.2, 0) is 21.6 Å². The molecular weight excluding hydrogens is 418 g/mol. The van der Waals surface area contributed by atoms with E-state index in [1.54, 1.807) is 0 Å². The van der Waals surface area contributed by atoms with Crippen molar-refractivity contribution in [2.24, 2.45) is 0 Å². The summed E-state index contributed by atoms with van der Waals surface area (Å²) in [7, 11) is 1.97. The van der Waals surface area contributed by atoms with Crippen molar-refractivity contribution in [1.82, 2.24) is 0 Å². The first-order valence-electron chi connectivity index (χ1n) is 10.7. The zero-order valence-corrected chi connectivity index (χ0v) is 18.9. The Hall–Kier alpha value is -3.18. The molecule has 164 valence electrons. The lowest BCUT2D eigenvalue weighted by Gasteiger charge is -2.40. The van der Waals surface area contributed by atoms with Crippen LogP contribution in [0.4, 0.5) is 5.69 Å². The number of esters is 1. The highest BCUT2D eigenvalue weighted by Crippen LogP contribution is 2.41. The average Bonchev–Trinajstić information content (AvgIpc) is 2.82. The van der Waals surface area contributed by atoms with Gasteiger partial charge in [-0.15, -0.1) is 11.8 Å². The molecule has 3 aromatic rings. The van der Waals surface area contributed by atoms with Gasteiger partial charge in [0.25, 0.3) is 0 Å². The maximum Gasteiger partial charge on any atom is 0.349 e. The molecule has 0 saturated carbocycles. The fourth-order valence-electron chi connectivity index (χ4n) is 4.03.